The first-order valence-electron chi connectivity index (χ1n) is 12.4. The Bertz CT molecular complexity index is 1250. The van der Waals surface area contributed by atoms with Gasteiger partial charge in [0, 0.05) is 40.8 Å². The van der Waals surface area contributed by atoms with Crippen LogP contribution in [0.5, 0.6) is 0 Å². The summed E-state index contributed by atoms with van der Waals surface area (Å²) in [5.41, 5.74) is 5.32. The molecule has 2 heterocycles. The van der Waals surface area contributed by atoms with Gasteiger partial charge < -0.3 is 9.47 Å². The fraction of sp³-hybridized carbons (Fsp3) is 0.433. The van der Waals surface area contributed by atoms with E-state index in [1.807, 2.05) is 12.3 Å². The van der Waals surface area contributed by atoms with Gasteiger partial charge in [-0.15, -0.1) is 0 Å². The van der Waals surface area contributed by atoms with Gasteiger partial charge in [0.2, 0.25) is 0 Å². The highest BCUT2D eigenvalue weighted by atomic mass is 15.2. The molecule has 0 unspecified atom stereocenters. The first-order chi connectivity index (χ1) is 15.7. The fourth-order valence-corrected chi connectivity index (χ4v) is 5.52. The number of pyridine rings is 1. The van der Waals surface area contributed by atoms with E-state index in [2.05, 4.69) is 107 Å². The fourth-order valence-electron chi connectivity index (χ4n) is 5.52. The lowest BCUT2D eigenvalue weighted by atomic mass is 9.80. The topological polar surface area (TPSA) is 21.1 Å². The van der Waals surface area contributed by atoms with Crippen molar-refractivity contribution >= 4 is 33.3 Å². The second kappa shape index (κ2) is 8.85. The van der Waals surface area contributed by atoms with Gasteiger partial charge in [-0.2, -0.15) is 0 Å². The van der Waals surface area contributed by atoms with E-state index in [9.17, 15) is 0 Å². The van der Waals surface area contributed by atoms with Gasteiger partial charge in [-0.1, -0.05) is 64.8 Å². The van der Waals surface area contributed by atoms with Crippen LogP contribution >= 0.6 is 0 Å². The number of aromatic nitrogens is 2. The molecule has 3 heteroatoms. The predicted molar refractivity (Wildman–Crippen MR) is 144 cm³/mol. The molecule has 0 N–H and O–H groups in total. The molecule has 0 aliphatic rings. The van der Waals surface area contributed by atoms with Gasteiger partial charge in [0.25, 0.3) is 0 Å². The minimum absolute atomic E-state index is 0.0429. The third-order valence-corrected chi connectivity index (χ3v) is 7.25. The van der Waals surface area contributed by atoms with Gasteiger partial charge in [0.05, 0.1) is 5.52 Å². The molecule has 0 fully saturated rings. The third-order valence-electron chi connectivity index (χ3n) is 7.25. The van der Waals surface area contributed by atoms with Crippen LogP contribution in [-0.4, -0.2) is 15.1 Å². The Hall–Kier alpha value is -2.81. The lowest BCUT2D eigenvalue weighted by Gasteiger charge is -2.39. The molecule has 0 saturated carbocycles. The molecule has 33 heavy (non-hydrogen) atoms. The van der Waals surface area contributed by atoms with Gasteiger partial charge in [-0.25, -0.2) is 4.98 Å². The van der Waals surface area contributed by atoms with Gasteiger partial charge in [-0.3, -0.25) is 0 Å². The predicted octanol–water partition coefficient (Wildman–Crippen LogP) is 8.52. The number of aryl methyl sites for hydroxylation is 1. The number of benzene rings is 2. The number of rotatable bonds is 8. The molecule has 0 aliphatic carbocycles. The first kappa shape index (κ1) is 23.4. The molecule has 0 spiro atoms. The van der Waals surface area contributed by atoms with Crippen molar-refractivity contribution in [2.24, 2.45) is 7.05 Å². The largest absolute Gasteiger partial charge is 0.344 e. The third kappa shape index (κ3) is 4.26. The molecule has 174 valence electrons. The van der Waals surface area contributed by atoms with Crippen molar-refractivity contribution in [3.63, 3.8) is 0 Å². The monoisotopic (exact) mass is 441 g/mol. The van der Waals surface area contributed by atoms with Gasteiger partial charge in [0.1, 0.15) is 5.82 Å². The number of hydrogen-bond acceptors (Lipinski definition) is 2. The molecule has 2 aromatic carbocycles. The highest BCUT2D eigenvalue weighted by Crippen LogP contribution is 2.39. The van der Waals surface area contributed by atoms with Crippen LogP contribution in [0.25, 0.3) is 21.8 Å². The van der Waals surface area contributed by atoms with E-state index >= 15 is 0 Å². The van der Waals surface area contributed by atoms with Crippen molar-refractivity contribution in [2.75, 3.05) is 4.90 Å². The summed E-state index contributed by atoms with van der Waals surface area (Å²) in [6.45, 7) is 13.9. The van der Waals surface area contributed by atoms with E-state index in [0.29, 0.717) is 0 Å². The van der Waals surface area contributed by atoms with E-state index in [-0.39, 0.29) is 11.0 Å². The van der Waals surface area contributed by atoms with Crippen molar-refractivity contribution in [1.82, 2.24) is 9.55 Å². The maximum Gasteiger partial charge on any atom is 0.133 e. The van der Waals surface area contributed by atoms with Crippen LogP contribution in [0.4, 0.5) is 11.5 Å². The summed E-state index contributed by atoms with van der Waals surface area (Å²) < 4.78 is 2.36. The first-order valence-corrected chi connectivity index (χ1v) is 12.4. The second-order valence-corrected chi connectivity index (χ2v) is 10.7. The van der Waals surface area contributed by atoms with E-state index < -0.39 is 0 Å². The Balaban J connectivity index is 1.89. The zero-order valence-corrected chi connectivity index (χ0v) is 21.4. The summed E-state index contributed by atoms with van der Waals surface area (Å²) in [6.07, 6.45) is 6.49. The zero-order chi connectivity index (χ0) is 23.8. The smallest absolute Gasteiger partial charge is 0.133 e. The normalized spacial score (nSPS) is 12.6. The molecule has 0 radical (unpaired) electrons. The number of anilines is 2. The van der Waals surface area contributed by atoms with Crippen LogP contribution in [0, 0.1) is 0 Å². The number of fused-ring (bicyclic) bond motifs is 3. The molecule has 0 saturated heterocycles. The van der Waals surface area contributed by atoms with Gasteiger partial charge in [-0.05, 0) is 68.0 Å². The van der Waals surface area contributed by atoms with Crippen molar-refractivity contribution in [2.45, 2.75) is 78.2 Å². The lowest BCUT2D eigenvalue weighted by molar-refractivity contribution is 0.456. The molecule has 0 bridgehead atoms. The van der Waals surface area contributed by atoms with Crippen molar-refractivity contribution in [1.29, 1.82) is 0 Å². The minimum atomic E-state index is -0.0429. The van der Waals surface area contributed by atoms with Crippen LogP contribution in [0.1, 0.15) is 72.8 Å². The van der Waals surface area contributed by atoms with Gasteiger partial charge in [0.15, 0.2) is 0 Å². The minimum Gasteiger partial charge on any atom is -0.344 e. The van der Waals surface area contributed by atoms with E-state index in [4.69, 9.17) is 4.98 Å². The quantitative estimate of drug-likeness (QED) is 0.273. The van der Waals surface area contributed by atoms with Gasteiger partial charge >= 0.3 is 0 Å². The Morgan fingerprint density at radius 1 is 0.818 bits per heavy atom. The molecular formula is C30H39N3. The Labute approximate surface area is 199 Å². The van der Waals surface area contributed by atoms with E-state index in [1.165, 1.54) is 45.9 Å². The molecule has 3 nitrogen and oxygen atoms in total. The highest BCUT2D eigenvalue weighted by molar-refractivity contribution is 6.09. The van der Waals surface area contributed by atoms with Crippen LogP contribution in [-0.2, 0) is 12.5 Å². The SMILES string of the molecule is CCCC(C)(C)c1ccc2c3ccc(N(c4ccccn4)C(C)(C)CCC)cc3n(C)c2c1. The Kier molecular flexibility index (Phi) is 6.26. The summed E-state index contributed by atoms with van der Waals surface area (Å²) in [7, 11) is 2.20. The van der Waals surface area contributed by atoms with Crippen molar-refractivity contribution in [3.8, 4) is 0 Å². The second-order valence-electron chi connectivity index (χ2n) is 10.7. The lowest BCUT2D eigenvalue weighted by Crippen LogP contribution is -2.41. The number of hydrogen-bond donors (Lipinski definition) is 0. The maximum absolute atomic E-state index is 4.72. The van der Waals surface area contributed by atoms with Crippen LogP contribution in [0.3, 0.4) is 0 Å². The van der Waals surface area contributed by atoms with Crippen LogP contribution in [0.2, 0.25) is 0 Å². The molecule has 2 aromatic heterocycles. The average molecular weight is 442 g/mol. The molecule has 0 aliphatic heterocycles. The molecule has 0 amide bonds. The molecule has 0 atom stereocenters. The molecular weight excluding hydrogens is 402 g/mol. The van der Waals surface area contributed by atoms with Crippen LogP contribution in [0.15, 0.2) is 60.8 Å². The summed E-state index contributed by atoms with van der Waals surface area (Å²) in [5.74, 6) is 0.998. The highest BCUT2D eigenvalue weighted by Gasteiger charge is 2.29. The Morgan fingerprint density at radius 2 is 1.48 bits per heavy atom. The average Bonchev–Trinajstić information content (AvgIpc) is 3.06. The molecule has 4 rings (SSSR count). The van der Waals surface area contributed by atoms with E-state index in [1.54, 1.807) is 0 Å². The standard InChI is InChI=1S/C30H39N3/c1-8-17-29(3,4)22-13-15-24-25-16-14-23(21-27(25)32(7)26(24)20-22)33(30(5,6)18-9-2)28-12-10-11-19-31-28/h10-16,19-21H,8-9,17-18H2,1-7H3. The van der Waals surface area contributed by atoms with Crippen molar-refractivity contribution in [3.05, 3.63) is 66.4 Å². The summed E-state index contributed by atoms with van der Waals surface area (Å²) >= 11 is 0. The zero-order valence-electron chi connectivity index (χ0n) is 21.4. The summed E-state index contributed by atoms with van der Waals surface area (Å²) in [5, 5.41) is 2.64. The summed E-state index contributed by atoms with van der Waals surface area (Å²) in [4.78, 5) is 7.13. The summed E-state index contributed by atoms with van der Waals surface area (Å²) in [6, 6.07) is 20.1. The molecule has 4 aromatic rings. The Morgan fingerprint density at radius 3 is 2.12 bits per heavy atom. The van der Waals surface area contributed by atoms with E-state index in [0.717, 1.165) is 18.7 Å². The maximum atomic E-state index is 4.72. The van der Waals surface area contributed by atoms with Crippen molar-refractivity contribution < 1.29 is 0 Å². The van der Waals surface area contributed by atoms with Crippen LogP contribution < -0.4 is 4.90 Å². The number of nitrogens with zero attached hydrogens (tertiary/aromatic N) is 3.